The Morgan fingerprint density at radius 3 is 2.00 bits per heavy atom. The van der Waals surface area contributed by atoms with Gasteiger partial charge in [0.1, 0.15) is 0 Å². The third-order valence-electron chi connectivity index (χ3n) is 8.42. The van der Waals surface area contributed by atoms with Gasteiger partial charge in [0.2, 0.25) is 10.0 Å². The van der Waals surface area contributed by atoms with Gasteiger partial charge in [-0.2, -0.15) is 0 Å². The third kappa shape index (κ3) is 10.5. The molecule has 4 rings (SSSR count). The van der Waals surface area contributed by atoms with Crippen LogP contribution in [0.15, 0.2) is 97.1 Å². The second kappa shape index (κ2) is 17.7. The molecule has 0 heterocycles. The van der Waals surface area contributed by atoms with Crippen molar-refractivity contribution in [3.8, 4) is 11.5 Å². The summed E-state index contributed by atoms with van der Waals surface area (Å²) in [5.74, 6) is 0.235. The predicted molar refractivity (Wildman–Crippen MR) is 196 cm³/mol. The number of carbonyl (C=O) groups excluding carboxylic acids is 2. The average molecular weight is 703 g/mol. The summed E-state index contributed by atoms with van der Waals surface area (Å²) >= 11 is 0. The van der Waals surface area contributed by atoms with Gasteiger partial charge in [-0.25, -0.2) is 8.42 Å². The first-order valence-corrected chi connectivity index (χ1v) is 18.1. The Morgan fingerprint density at radius 2 is 1.40 bits per heavy atom. The normalized spacial score (nSPS) is 13.1. The number of methoxy groups -OCH3 is 2. The summed E-state index contributed by atoms with van der Waals surface area (Å²) in [7, 11) is 0.807. The fourth-order valence-electron chi connectivity index (χ4n) is 5.42. The Bertz CT molecular complexity index is 1840. The zero-order valence-electron chi connectivity index (χ0n) is 29.1. The highest BCUT2D eigenvalue weighted by Gasteiger charge is 2.25. The molecule has 0 radical (unpaired) electrons. The molecule has 50 heavy (non-hydrogen) atoms. The molecule has 12 heteroatoms. The molecule has 0 aliphatic rings. The number of nitrogens with one attached hydrogen (secondary N) is 3. The van der Waals surface area contributed by atoms with Crippen LogP contribution in [-0.4, -0.2) is 78.1 Å². The summed E-state index contributed by atoms with van der Waals surface area (Å²) in [6.45, 7) is 2.58. The Hall–Kier alpha value is -4.91. The van der Waals surface area contributed by atoms with E-state index in [0.29, 0.717) is 30.9 Å². The van der Waals surface area contributed by atoms with E-state index in [1.165, 1.54) is 25.2 Å². The summed E-state index contributed by atoms with van der Waals surface area (Å²) in [6.07, 6.45) is 1.05. The Labute approximate surface area is 294 Å². The average Bonchev–Trinajstić information content (AvgIpc) is 3.12. The van der Waals surface area contributed by atoms with Gasteiger partial charge in [0.05, 0.1) is 44.4 Å². The van der Waals surface area contributed by atoms with Gasteiger partial charge in [0.15, 0.2) is 11.5 Å². The van der Waals surface area contributed by atoms with Crippen LogP contribution in [0.25, 0.3) is 0 Å². The number of aliphatic hydroxyl groups excluding tert-OH is 1. The molecule has 3 atom stereocenters. The molecule has 3 unspecified atom stereocenters. The van der Waals surface area contributed by atoms with Crippen LogP contribution in [0.5, 0.6) is 11.5 Å². The van der Waals surface area contributed by atoms with E-state index >= 15 is 0 Å². The minimum Gasteiger partial charge on any atom is -0.493 e. The molecular formula is C38H46N4O7S. The maximum atomic E-state index is 13.9. The molecule has 0 fully saturated rings. The first-order chi connectivity index (χ1) is 23.9. The number of amides is 2. The molecule has 0 aromatic heterocycles. The number of anilines is 1. The van der Waals surface area contributed by atoms with Crippen LogP contribution in [0, 0.1) is 0 Å². The molecule has 0 aliphatic carbocycles. The third-order valence-corrected chi connectivity index (χ3v) is 9.63. The SMILES string of the molecule is COc1ccc(CCNCC(O)C(Cc2ccccc2)NC(=O)c2cc(C(=O)NC(C)c3ccccc3)cc(N(C)S(C)(=O)=O)c2)cc1OC. The molecule has 0 saturated carbocycles. The predicted octanol–water partition coefficient (Wildman–Crippen LogP) is 4.12. The van der Waals surface area contributed by atoms with Gasteiger partial charge in [-0.05, 0) is 73.3 Å². The molecule has 11 nitrogen and oxygen atoms in total. The first kappa shape index (κ1) is 37.9. The van der Waals surface area contributed by atoms with E-state index in [-0.39, 0.29) is 29.4 Å². The smallest absolute Gasteiger partial charge is 0.251 e. The lowest BCUT2D eigenvalue weighted by Gasteiger charge is -2.25. The van der Waals surface area contributed by atoms with E-state index in [1.54, 1.807) is 14.2 Å². The highest BCUT2D eigenvalue weighted by molar-refractivity contribution is 7.92. The fraction of sp³-hybridized carbons (Fsp3) is 0.316. The molecular weight excluding hydrogens is 657 g/mol. The fourth-order valence-corrected chi connectivity index (χ4v) is 5.90. The topological polar surface area (TPSA) is 146 Å². The lowest BCUT2D eigenvalue weighted by Crippen LogP contribution is -2.49. The summed E-state index contributed by atoms with van der Waals surface area (Å²) in [5, 5.41) is 20.5. The minimum absolute atomic E-state index is 0.0715. The van der Waals surface area contributed by atoms with Gasteiger partial charge in [-0.3, -0.25) is 13.9 Å². The number of benzene rings is 4. The molecule has 266 valence electrons. The van der Waals surface area contributed by atoms with Crippen molar-refractivity contribution in [3.05, 3.63) is 125 Å². The number of hydrogen-bond donors (Lipinski definition) is 4. The van der Waals surface area contributed by atoms with E-state index in [4.69, 9.17) is 9.47 Å². The largest absolute Gasteiger partial charge is 0.493 e. The molecule has 2 amide bonds. The van der Waals surface area contributed by atoms with Gasteiger partial charge in [0.25, 0.3) is 11.8 Å². The van der Waals surface area contributed by atoms with E-state index in [0.717, 1.165) is 27.3 Å². The minimum atomic E-state index is -3.72. The maximum Gasteiger partial charge on any atom is 0.251 e. The molecule has 0 bridgehead atoms. The van der Waals surface area contributed by atoms with E-state index in [2.05, 4.69) is 16.0 Å². The van der Waals surface area contributed by atoms with E-state index < -0.39 is 34.0 Å². The summed E-state index contributed by atoms with van der Waals surface area (Å²) in [4.78, 5) is 27.3. The number of carbonyl (C=O) groups is 2. The number of ether oxygens (including phenoxy) is 2. The Kier molecular flexibility index (Phi) is 13.4. The summed E-state index contributed by atoms with van der Waals surface area (Å²) < 4.78 is 36.7. The van der Waals surface area contributed by atoms with E-state index in [9.17, 15) is 23.1 Å². The van der Waals surface area contributed by atoms with Crippen molar-refractivity contribution in [1.29, 1.82) is 0 Å². The molecule has 4 aromatic rings. The maximum absolute atomic E-state index is 13.9. The zero-order valence-corrected chi connectivity index (χ0v) is 29.9. The molecule has 0 aliphatic heterocycles. The van der Waals surface area contributed by atoms with Crippen LogP contribution in [0.1, 0.15) is 50.4 Å². The highest BCUT2D eigenvalue weighted by Crippen LogP contribution is 2.27. The van der Waals surface area contributed by atoms with Gasteiger partial charge in [0, 0.05) is 24.7 Å². The molecule has 0 saturated heterocycles. The Balaban J connectivity index is 1.53. The number of rotatable bonds is 17. The van der Waals surface area contributed by atoms with Crippen LogP contribution in [0.4, 0.5) is 5.69 Å². The monoisotopic (exact) mass is 702 g/mol. The van der Waals surface area contributed by atoms with Crippen LogP contribution < -0.4 is 29.7 Å². The van der Waals surface area contributed by atoms with Crippen molar-refractivity contribution in [1.82, 2.24) is 16.0 Å². The summed E-state index contributed by atoms with van der Waals surface area (Å²) in [6, 6.07) is 27.8. The molecule has 4 N–H and O–H groups in total. The zero-order chi connectivity index (χ0) is 36.3. The first-order valence-electron chi connectivity index (χ1n) is 16.3. The lowest BCUT2D eigenvalue weighted by molar-refractivity contribution is 0.0831. The van der Waals surface area contributed by atoms with E-state index in [1.807, 2.05) is 85.8 Å². The molecule has 4 aromatic carbocycles. The van der Waals surface area contributed by atoms with Crippen LogP contribution >= 0.6 is 0 Å². The quantitative estimate of drug-likeness (QED) is 0.120. The van der Waals surface area contributed by atoms with Gasteiger partial charge >= 0.3 is 0 Å². The second-order valence-corrected chi connectivity index (χ2v) is 14.1. The summed E-state index contributed by atoms with van der Waals surface area (Å²) in [5.41, 5.74) is 3.15. The van der Waals surface area contributed by atoms with Crippen molar-refractivity contribution in [2.24, 2.45) is 0 Å². The second-order valence-electron chi connectivity index (χ2n) is 12.1. The number of hydrogen-bond acceptors (Lipinski definition) is 8. The highest BCUT2D eigenvalue weighted by atomic mass is 32.2. The number of aliphatic hydroxyl groups is 1. The standard InChI is InChI=1S/C38H46N4O7S/c1-26(29-14-10-7-11-15-29)40-37(44)30-22-31(24-32(23-30)42(2)50(5,46)47)38(45)41-33(20-27-12-8-6-9-13-27)34(43)25-39-19-18-28-16-17-35(48-3)36(21-28)49-4/h6-17,21-24,26,33-34,39,43H,18-20,25H2,1-5H3,(H,40,44)(H,41,45). The number of nitrogens with zero attached hydrogens (tertiary/aromatic N) is 1. The van der Waals surface area contributed by atoms with Crippen LogP contribution in [0.2, 0.25) is 0 Å². The van der Waals surface area contributed by atoms with Crippen molar-refractivity contribution < 1.29 is 32.6 Å². The van der Waals surface area contributed by atoms with Gasteiger partial charge < -0.3 is 30.5 Å². The molecule has 0 spiro atoms. The van der Waals surface area contributed by atoms with Crippen molar-refractivity contribution in [3.63, 3.8) is 0 Å². The van der Waals surface area contributed by atoms with Crippen molar-refractivity contribution in [2.75, 3.05) is 44.9 Å². The lowest BCUT2D eigenvalue weighted by atomic mass is 10.00. The van der Waals surface area contributed by atoms with Gasteiger partial charge in [-0.1, -0.05) is 66.7 Å². The Morgan fingerprint density at radius 1 is 0.800 bits per heavy atom. The van der Waals surface area contributed by atoms with Crippen molar-refractivity contribution in [2.45, 2.75) is 38.0 Å². The number of sulfonamides is 1. The van der Waals surface area contributed by atoms with Crippen molar-refractivity contribution >= 4 is 27.5 Å². The van der Waals surface area contributed by atoms with Crippen LogP contribution in [0.3, 0.4) is 0 Å². The van der Waals surface area contributed by atoms with Crippen LogP contribution in [-0.2, 0) is 22.9 Å². The van der Waals surface area contributed by atoms with Gasteiger partial charge in [-0.15, -0.1) is 0 Å².